The van der Waals surface area contributed by atoms with E-state index in [1.54, 1.807) is 0 Å². The molecule has 1 aromatic rings. The molecule has 0 bridgehead atoms. The molecule has 0 atom stereocenters. The first-order valence-corrected chi connectivity index (χ1v) is 6.88. The van der Waals surface area contributed by atoms with Gasteiger partial charge >= 0.3 is 0 Å². The molecule has 0 unspecified atom stereocenters. The lowest BCUT2D eigenvalue weighted by atomic mass is 10.1. The number of nitrogens with one attached hydrogen (secondary N) is 1. The minimum absolute atomic E-state index is 0.185. The largest absolute Gasteiger partial charge is 0.308 e. The quantitative estimate of drug-likeness (QED) is 0.795. The van der Waals surface area contributed by atoms with Crippen LogP contribution in [0.15, 0.2) is 23.1 Å². The lowest BCUT2D eigenvalue weighted by molar-refractivity contribution is 0.424. The fourth-order valence-corrected chi connectivity index (χ4v) is 2.27. The topological polar surface area (TPSA) is 12.0 Å². The first kappa shape index (κ1) is 13.6. The molecular weight excluding hydrogens is 214 g/mol. The summed E-state index contributed by atoms with van der Waals surface area (Å²) in [5, 5.41) is 3.51. The molecule has 0 saturated heterocycles. The average Bonchev–Trinajstić information content (AvgIpc) is 2.18. The fourth-order valence-electron chi connectivity index (χ4n) is 1.51. The Bertz CT molecular complexity index is 339. The molecule has 0 aliphatic heterocycles. The van der Waals surface area contributed by atoms with E-state index in [0.717, 1.165) is 12.3 Å². The van der Waals surface area contributed by atoms with Crippen LogP contribution in [0.3, 0.4) is 0 Å². The fraction of sp³-hybridized carbons (Fsp3) is 0.571. The number of aryl methyl sites for hydroxylation is 1. The molecule has 0 spiro atoms. The van der Waals surface area contributed by atoms with Crippen molar-refractivity contribution < 1.29 is 0 Å². The average molecular weight is 237 g/mol. The Balaban J connectivity index is 2.66. The number of benzene rings is 1. The normalized spacial score (nSPS) is 11.8. The minimum atomic E-state index is 0.185. The van der Waals surface area contributed by atoms with Crippen LogP contribution in [-0.4, -0.2) is 11.3 Å². The second kappa shape index (κ2) is 5.74. The molecule has 0 saturated carbocycles. The van der Waals surface area contributed by atoms with Crippen molar-refractivity contribution in [3.05, 3.63) is 29.3 Å². The standard InChI is InChI=1S/C14H23NS/c1-6-16-13-8-7-12(9-11(13)2)10-15-14(3,4)5/h7-9,15H,6,10H2,1-5H3. The van der Waals surface area contributed by atoms with Crippen LogP contribution in [-0.2, 0) is 6.54 Å². The summed E-state index contributed by atoms with van der Waals surface area (Å²) in [5.41, 5.74) is 2.94. The van der Waals surface area contributed by atoms with Gasteiger partial charge in [-0.2, -0.15) is 0 Å². The van der Waals surface area contributed by atoms with Crippen LogP contribution in [0.2, 0.25) is 0 Å². The Morgan fingerprint density at radius 2 is 1.94 bits per heavy atom. The van der Waals surface area contributed by atoms with Gasteiger partial charge in [-0.1, -0.05) is 19.1 Å². The molecule has 90 valence electrons. The predicted octanol–water partition coefficient (Wildman–Crippen LogP) is 4.00. The Hall–Kier alpha value is -0.470. The Morgan fingerprint density at radius 1 is 1.25 bits per heavy atom. The van der Waals surface area contributed by atoms with Crippen LogP contribution in [0.25, 0.3) is 0 Å². The molecule has 0 radical (unpaired) electrons. The van der Waals surface area contributed by atoms with Crippen molar-refractivity contribution in [3.8, 4) is 0 Å². The van der Waals surface area contributed by atoms with E-state index in [4.69, 9.17) is 0 Å². The summed E-state index contributed by atoms with van der Waals surface area (Å²) in [4.78, 5) is 1.40. The second-order valence-electron chi connectivity index (χ2n) is 5.14. The number of rotatable bonds is 4. The molecule has 0 fully saturated rings. The summed E-state index contributed by atoms with van der Waals surface area (Å²) in [7, 11) is 0. The molecule has 2 heteroatoms. The van der Waals surface area contributed by atoms with Crippen LogP contribution >= 0.6 is 11.8 Å². The lowest BCUT2D eigenvalue weighted by Crippen LogP contribution is -2.35. The van der Waals surface area contributed by atoms with E-state index in [9.17, 15) is 0 Å². The van der Waals surface area contributed by atoms with Gasteiger partial charge < -0.3 is 5.32 Å². The van der Waals surface area contributed by atoms with Gasteiger partial charge in [0, 0.05) is 17.0 Å². The minimum Gasteiger partial charge on any atom is -0.308 e. The zero-order valence-electron chi connectivity index (χ0n) is 11.1. The van der Waals surface area contributed by atoms with Crippen molar-refractivity contribution in [1.82, 2.24) is 5.32 Å². The summed E-state index contributed by atoms with van der Waals surface area (Å²) in [5.74, 6) is 1.14. The Kier molecular flexibility index (Phi) is 4.88. The summed E-state index contributed by atoms with van der Waals surface area (Å²) in [6.07, 6.45) is 0. The van der Waals surface area contributed by atoms with Gasteiger partial charge in [-0.25, -0.2) is 0 Å². The van der Waals surface area contributed by atoms with Crippen molar-refractivity contribution in [3.63, 3.8) is 0 Å². The molecule has 1 nitrogen and oxygen atoms in total. The maximum atomic E-state index is 3.51. The van der Waals surface area contributed by atoms with Gasteiger partial charge in [0.2, 0.25) is 0 Å². The molecule has 0 amide bonds. The van der Waals surface area contributed by atoms with Crippen molar-refractivity contribution in [2.45, 2.75) is 51.6 Å². The van der Waals surface area contributed by atoms with Crippen LogP contribution in [0.5, 0.6) is 0 Å². The van der Waals surface area contributed by atoms with Gasteiger partial charge in [0.05, 0.1) is 0 Å². The van der Waals surface area contributed by atoms with Crippen LogP contribution in [0.4, 0.5) is 0 Å². The Morgan fingerprint density at radius 3 is 2.44 bits per heavy atom. The highest BCUT2D eigenvalue weighted by atomic mass is 32.2. The first-order chi connectivity index (χ1) is 7.42. The van der Waals surface area contributed by atoms with E-state index in [1.165, 1.54) is 16.0 Å². The van der Waals surface area contributed by atoms with E-state index in [0.29, 0.717) is 0 Å². The van der Waals surface area contributed by atoms with Crippen LogP contribution < -0.4 is 5.32 Å². The van der Waals surface area contributed by atoms with E-state index in [1.807, 2.05) is 11.8 Å². The van der Waals surface area contributed by atoms with Crippen LogP contribution in [0, 0.1) is 6.92 Å². The second-order valence-corrected chi connectivity index (χ2v) is 6.44. The Labute approximate surface area is 104 Å². The SMILES string of the molecule is CCSc1ccc(CNC(C)(C)C)cc1C. The highest BCUT2D eigenvalue weighted by Crippen LogP contribution is 2.23. The zero-order valence-corrected chi connectivity index (χ0v) is 11.9. The molecule has 0 aliphatic carbocycles. The van der Waals surface area contributed by atoms with E-state index in [2.05, 4.69) is 58.1 Å². The van der Waals surface area contributed by atoms with Crippen LogP contribution in [0.1, 0.15) is 38.8 Å². The number of thioether (sulfide) groups is 1. The molecule has 1 N–H and O–H groups in total. The van der Waals surface area contributed by atoms with E-state index < -0.39 is 0 Å². The summed E-state index contributed by atoms with van der Waals surface area (Å²) in [6, 6.07) is 6.75. The molecule has 0 heterocycles. The molecule has 0 aromatic heterocycles. The molecular formula is C14H23NS. The number of hydrogen-bond acceptors (Lipinski definition) is 2. The van der Waals surface area contributed by atoms with Gasteiger partial charge in [0.25, 0.3) is 0 Å². The van der Waals surface area contributed by atoms with E-state index in [-0.39, 0.29) is 5.54 Å². The maximum absolute atomic E-state index is 3.51. The first-order valence-electron chi connectivity index (χ1n) is 5.90. The van der Waals surface area contributed by atoms with E-state index >= 15 is 0 Å². The molecule has 1 aromatic carbocycles. The van der Waals surface area contributed by atoms with Crippen molar-refractivity contribution in [1.29, 1.82) is 0 Å². The van der Waals surface area contributed by atoms with Gasteiger partial charge in [0.1, 0.15) is 0 Å². The third-order valence-electron chi connectivity index (χ3n) is 2.36. The number of hydrogen-bond donors (Lipinski definition) is 1. The predicted molar refractivity (Wildman–Crippen MR) is 74.2 cm³/mol. The maximum Gasteiger partial charge on any atom is 0.0210 e. The summed E-state index contributed by atoms with van der Waals surface area (Å²) in [6.45, 7) is 11.9. The van der Waals surface area contributed by atoms with Crippen molar-refractivity contribution in [2.75, 3.05) is 5.75 Å². The van der Waals surface area contributed by atoms with Gasteiger partial charge in [-0.05, 0) is 50.6 Å². The molecule has 0 aliphatic rings. The van der Waals surface area contributed by atoms with Gasteiger partial charge in [0.15, 0.2) is 0 Å². The third-order valence-corrected chi connectivity index (χ3v) is 3.42. The molecule has 16 heavy (non-hydrogen) atoms. The monoisotopic (exact) mass is 237 g/mol. The highest BCUT2D eigenvalue weighted by Gasteiger charge is 2.08. The van der Waals surface area contributed by atoms with Crippen molar-refractivity contribution in [2.24, 2.45) is 0 Å². The zero-order chi connectivity index (χ0) is 12.2. The smallest absolute Gasteiger partial charge is 0.0210 e. The highest BCUT2D eigenvalue weighted by molar-refractivity contribution is 7.99. The third kappa shape index (κ3) is 4.58. The van der Waals surface area contributed by atoms with Crippen molar-refractivity contribution >= 4 is 11.8 Å². The van der Waals surface area contributed by atoms with Gasteiger partial charge in [-0.15, -0.1) is 11.8 Å². The lowest BCUT2D eigenvalue weighted by Gasteiger charge is -2.20. The summed E-state index contributed by atoms with van der Waals surface area (Å²) >= 11 is 1.91. The summed E-state index contributed by atoms with van der Waals surface area (Å²) < 4.78 is 0. The molecule has 1 rings (SSSR count). The van der Waals surface area contributed by atoms with Gasteiger partial charge in [-0.3, -0.25) is 0 Å².